The van der Waals surface area contributed by atoms with E-state index in [1.165, 1.54) is 13.0 Å². The Morgan fingerprint density at radius 3 is 2.23 bits per heavy atom. The van der Waals surface area contributed by atoms with Crippen LogP contribution in [0.5, 0.6) is 0 Å². The van der Waals surface area contributed by atoms with E-state index in [1.54, 1.807) is 24.3 Å². The fraction of sp³-hybridized carbons (Fsp3) is 0.0556. The highest BCUT2D eigenvalue weighted by Gasteiger charge is 2.21. The third-order valence-corrected chi connectivity index (χ3v) is 5.28. The SMILES string of the molecule is C/C(O)=c1\c(=O)nc2c(S(=O)(=O)O)ccc3c2=c1c1ccccc1c3=O. The van der Waals surface area contributed by atoms with Gasteiger partial charge in [0.15, 0.2) is 5.43 Å². The summed E-state index contributed by atoms with van der Waals surface area (Å²) in [5.74, 6) is -0.299. The highest BCUT2D eigenvalue weighted by Crippen LogP contribution is 2.23. The lowest BCUT2D eigenvalue weighted by Gasteiger charge is -2.08. The Labute approximate surface area is 145 Å². The van der Waals surface area contributed by atoms with E-state index in [9.17, 15) is 27.7 Å². The molecule has 1 heterocycles. The number of nitrogens with zero attached hydrogens (tertiary/aromatic N) is 1. The van der Waals surface area contributed by atoms with Crippen LogP contribution in [0.25, 0.3) is 27.4 Å². The van der Waals surface area contributed by atoms with E-state index in [-0.39, 0.29) is 37.7 Å². The zero-order valence-corrected chi connectivity index (χ0v) is 14.2. The molecule has 130 valence electrons. The normalized spacial score (nSPS) is 13.6. The van der Waals surface area contributed by atoms with Crippen LogP contribution in [0.1, 0.15) is 6.92 Å². The summed E-state index contributed by atoms with van der Waals surface area (Å²) in [5, 5.41) is 11.2. The molecule has 7 nitrogen and oxygen atoms in total. The van der Waals surface area contributed by atoms with Gasteiger partial charge in [0.05, 0.1) is 10.7 Å². The zero-order chi connectivity index (χ0) is 18.8. The van der Waals surface area contributed by atoms with Crippen LogP contribution in [0.4, 0.5) is 0 Å². The van der Waals surface area contributed by atoms with Crippen molar-refractivity contribution in [1.29, 1.82) is 0 Å². The summed E-state index contributed by atoms with van der Waals surface area (Å²) in [6.07, 6.45) is 0. The molecule has 0 radical (unpaired) electrons. The van der Waals surface area contributed by atoms with Gasteiger partial charge in [-0.25, -0.2) is 4.98 Å². The standard InChI is InChI=1S/C18H11NO6S/c1-8(20)13-14-9-4-2-3-5-10(9)17(21)11-6-7-12(26(23,24)25)16(15(11)14)19-18(13)22/h2-7,20H,1H3,(H,23,24,25)/b13-8+. The first-order valence-corrected chi connectivity index (χ1v) is 8.98. The number of hydrogen-bond donors (Lipinski definition) is 2. The average Bonchev–Trinajstić information content (AvgIpc) is 2.57. The lowest BCUT2D eigenvalue weighted by molar-refractivity contribution is 0.484. The molecule has 2 aromatic rings. The maximum atomic E-state index is 12.8. The molecule has 0 saturated heterocycles. The van der Waals surface area contributed by atoms with Crippen molar-refractivity contribution in [2.45, 2.75) is 11.8 Å². The van der Waals surface area contributed by atoms with Gasteiger partial charge in [-0.05, 0) is 24.4 Å². The van der Waals surface area contributed by atoms with E-state index in [0.29, 0.717) is 10.8 Å². The highest BCUT2D eigenvalue weighted by molar-refractivity contribution is 7.86. The molecule has 0 bridgehead atoms. The topological polar surface area (TPSA) is 122 Å². The molecular weight excluding hydrogens is 358 g/mol. The monoisotopic (exact) mass is 369 g/mol. The van der Waals surface area contributed by atoms with Gasteiger partial charge in [0.2, 0.25) is 0 Å². The Balaban J connectivity index is 2.66. The van der Waals surface area contributed by atoms with Crippen molar-refractivity contribution in [3.63, 3.8) is 0 Å². The Hall–Kier alpha value is -3.10. The van der Waals surface area contributed by atoms with E-state index in [1.807, 2.05) is 0 Å². The van der Waals surface area contributed by atoms with Gasteiger partial charge in [-0.3, -0.25) is 14.1 Å². The Morgan fingerprint density at radius 2 is 1.62 bits per heavy atom. The number of aromatic nitrogens is 1. The summed E-state index contributed by atoms with van der Waals surface area (Å²) < 4.78 is 32.9. The second kappa shape index (κ2) is 5.20. The van der Waals surface area contributed by atoms with Gasteiger partial charge >= 0.3 is 0 Å². The highest BCUT2D eigenvalue weighted by atomic mass is 32.2. The maximum absolute atomic E-state index is 12.8. The van der Waals surface area contributed by atoms with Gasteiger partial charge in [0.1, 0.15) is 10.7 Å². The molecule has 4 rings (SSSR count). The quantitative estimate of drug-likeness (QED) is 0.479. The van der Waals surface area contributed by atoms with E-state index in [2.05, 4.69) is 4.98 Å². The summed E-state index contributed by atoms with van der Waals surface area (Å²) >= 11 is 0. The van der Waals surface area contributed by atoms with Gasteiger partial charge in [-0.1, -0.05) is 24.3 Å². The molecule has 2 N–H and O–H groups in total. The molecule has 2 aliphatic rings. The lowest BCUT2D eigenvalue weighted by Crippen LogP contribution is -2.32. The van der Waals surface area contributed by atoms with Gasteiger partial charge in [0, 0.05) is 21.2 Å². The van der Waals surface area contributed by atoms with Crippen molar-refractivity contribution in [3.8, 4) is 0 Å². The number of aliphatic hydroxyl groups is 1. The Morgan fingerprint density at radius 1 is 0.962 bits per heavy atom. The molecule has 0 unspecified atom stereocenters. The van der Waals surface area contributed by atoms with Crippen molar-refractivity contribution < 1.29 is 18.1 Å². The van der Waals surface area contributed by atoms with E-state index in [0.717, 1.165) is 6.07 Å². The minimum Gasteiger partial charge on any atom is -0.512 e. The molecule has 0 aromatic heterocycles. The third kappa shape index (κ3) is 2.09. The summed E-state index contributed by atoms with van der Waals surface area (Å²) in [7, 11) is -4.67. The van der Waals surface area contributed by atoms with Crippen LogP contribution in [0.3, 0.4) is 0 Å². The van der Waals surface area contributed by atoms with E-state index >= 15 is 0 Å². The van der Waals surface area contributed by atoms with Crippen LogP contribution in [0.2, 0.25) is 0 Å². The largest absolute Gasteiger partial charge is 0.512 e. The van der Waals surface area contributed by atoms with Crippen LogP contribution in [0.15, 0.2) is 50.9 Å². The summed E-state index contributed by atoms with van der Waals surface area (Å²) in [4.78, 5) is 28.5. The van der Waals surface area contributed by atoms with E-state index < -0.39 is 20.6 Å². The van der Waals surface area contributed by atoms with E-state index in [4.69, 9.17) is 0 Å². The number of aliphatic hydroxyl groups excluding tert-OH is 1. The second-order valence-corrected chi connectivity index (χ2v) is 7.33. The van der Waals surface area contributed by atoms with Crippen LogP contribution >= 0.6 is 0 Å². The van der Waals surface area contributed by atoms with Crippen LogP contribution in [-0.2, 0) is 10.1 Å². The minimum atomic E-state index is -4.67. The van der Waals surface area contributed by atoms with Crippen LogP contribution in [0, 0.1) is 10.4 Å². The summed E-state index contributed by atoms with van der Waals surface area (Å²) in [5.41, 5.74) is -1.50. The van der Waals surface area contributed by atoms with Crippen molar-refractivity contribution in [1.82, 2.24) is 4.98 Å². The van der Waals surface area contributed by atoms with Gasteiger partial charge in [-0.2, -0.15) is 8.42 Å². The molecule has 1 aliphatic carbocycles. The zero-order valence-electron chi connectivity index (χ0n) is 13.3. The molecule has 1 aliphatic heterocycles. The molecule has 8 heteroatoms. The molecule has 26 heavy (non-hydrogen) atoms. The molecule has 0 amide bonds. The third-order valence-electron chi connectivity index (χ3n) is 4.39. The van der Waals surface area contributed by atoms with Gasteiger partial charge in [-0.15, -0.1) is 0 Å². The van der Waals surface area contributed by atoms with Gasteiger partial charge < -0.3 is 5.11 Å². The summed E-state index contributed by atoms with van der Waals surface area (Å²) in [6, 6.07) is 8.85. The molecule has 0 spiro atoms. The predicted molar refractivity (Wildman–Crippen MR) is 95.0 cm³/mol. The number of benzene rings is 2. The van der Waals surface area contributed by atoms with Gasteiger partial charge in [0.25, 0.3) is 15.7 Å². The first-order valence-electron chi connectivity index (χ1n) is 7.54. The average molecular weight is 369 g/mol. The minimum absolute atomic E-state index is 0.105. The van der Waals surface area contributed by atoms with Crippen LogP contribution in [-0.4, -0.2) is 23.1 Å². The second-order valence-electron chi connectivity index (χ2n) is 5.94. The molecule has 0 atom stereocenters. The lowest BCUT2D eigenvalue weighted by atomic mass is 9.98. The fourth-order valence-electron chi connectivity index (χ4n) is 3.37. The number of rotatable bonds is 1. The fourth-order valence-corrected chi connectivity index (χ4v) is 4.00. The van der Waals surface area contributed by atoms with Crippen molar-refractivity contribution in [2.75, 3.05) is 0 Å². The van der Waals surface area contributed by atoms with Crippen LogP contribution < -0.4 is 16.2 Å². The summed E-state index contributed by atoms with van der Waals surface area (Å²) in [6.45, 7) is 1.31. The Kier molecular flexibility index (Phi) is 3.27. The van der Waals surface area contributed by atoms with Crippen molar-refractivity contribution in [2.24, 2.45) is 0 Å². The first-order chi connectivity index (χ1) is 12.2. The molecule has 2 aromatic carbocycles. The van der Waals surface area contributed by atoms with Crippen molar-refractivity contribution in [3.05, 3.63) is 72.6 Å². The number of fused-ring (bicyclic) bond motifs is 2. The Bertz CT molecular complexity index is 1560. The molecule has 0 fully saturated rings. The smallest absolute Gasteiger partial charge is 0.296 e. The predicted octanol–water partition coefficient (Wildman–Crippen LogP) is 0.923. The first kappa shape index (κ1) is 16.4. The number of hydrogen-bond acceptors (Lipinski definition) is 6. The maximum Gasteiger partial charge on any atom is 0.296 e. The molecule has 0 saturated carbocycles. The molecular formula is C18H11NO6S. The van der Waals surface area contributed by atoms with Crippen molar-refractivity contribution >= 4 is 37.6 Å².